The second kappa shape index (κ2) is 10.5. The first-order valence-corrected chi connectivity index (χ1v) is 13.2. The van der Waals surface area contributed by atoms with E-state index in [1.807, 2.05) is 31.2 Å². The molecule has 192 valence electrons. The van der Waals surface area contributed by atoms with Crippen molar-refractivity contribution in [2.75, 3.05) is 0 Å². The van der Waals surface area contributed by atoms with E-state index in [0.717, 1.165) is 16.0 Å². The molecule has 0 bridgehead atoms. The normalized spacial score (nSPS) is 14.4. The number of nitrogens with zero attached hydrogens (tertiary/aromatic N) is 2. The van der Waals surface area contributed by atoms with E-state index in [9.17, 15) is 14.4 Å². The van der Waals surface area contributed by atoms with Crippen LogP contribution < -0.4 is 10.9 Å². The van der Waals surface area contributed by atoms with E-state index in [-0.39, 0.29) is 33.5 Å². The Bertz CT molecular complexity index is 1670. The number of urea groups is 1. The van der Waals surface area contributed by atoms with Crippen molar-refractivity contribution >= 4 is 68.7 Å². The van der Waals surface area contributed by atoms with Crippen molar-refractivity contribution in [2.45, 2.75) is 13.5 Å². The van der Waals surface area contributed by atoms with E-state index in [1.165, 1.54) is 10.8 Å². The Morgan fingerprint density at radius 2 is 1.63 bits per heavy atom. The number of H-pyrrole nitrogens is 1. The number of carbonyl (C=O) groups is 2. The van der Waals surface area contributed by atoms with Crippen molar-refractivity contribution in [3.63, 3.8) is 0 Å². The first-order valence-electron chi connectivity index (χ1n) is 11.3. The number of rotatable bonds is 5. The van der Waals surface area contributed by atoms with Crippen molar-refractivity contribution in [3.8, 4) is 16.9 Å². The van der Waals surface area contributed by atoms with Gasteiger partial charge in [0, 0.05) is 15.1 Å². The van der Waals surface area contributed by atoms with Crippen LogP contribution in [0.2, 0.25) is 15.1 Å². The maximum Gasteiger partial charge on any atom is 0.329 e. The highest BCUT2D eigenvalue weighted by Crippen LogP contribution is 2.33. The summed E-state index contributed by atoms with van der Waals surface area (Å²) in [4.78, 5) is 40.7. The number of halogens is 4. The molecule has 0 aliphatic carbocycles. The Balaban J connectivity index is 1.62. The fourth-order valence-electron chi connectivity index (χ4n) is 4.18. The summed E-state index contributed by atoms with van der Waals surface area (Å²) >= 11 is 22.3. The van der Waals surface area contributed by atoms with Crippen LogP contribution in [0.5, 0.6) is 0 Å². The van der Waals surface area contributed by atoms with Gasteiger partial charge in [0.15, 0.2) is 0 Å². The smallest absolute Gasteiger partial charge is 0.303 e. The summed E-state index contributed by atoms with van der Waals surface area (Å²) in [7, 11) is 0. The van der Waals surface area contributed by atoms with Gasteiger partial charge in [-0.1, -0.05) is 92.7 Å². The van der Waals surface area contributed by atoms with E-state index >= 15 is 0 Å². The van der Waals surface area contributed by atoms with Crippen LogP contribution in [0.3, 0.4) is 0 Å². The summed E-state index contributed by atoms with van der Waals surface area (Å²) in [6.45, 7) is 2.02. The molecule has 0 spiro atoms. The lowest BCUT2D eigenvalue weighted by Crippen LogP contribution is -2.30. The molecule has 1 aliphatic rings. The van der Waals surface area contributed by atoms with Crippen LogP contribution in [-0.4, -0.2) is 26.6 Å². The highest BCUT2D eigenvalue weighted by molar-refractivity contribution is 9.10. The SMILES string of the molecule is Cc1cccc(CN2C(=O)N/C(=C\c3c(-c4ccc(Cl)cc4)[nH]n(-c4c(Cl)cc(Br)cc4Cl)c3=O)C2=O)c1. The zero-order chi connectivity index (χ0) is 27.1. The fourth-order valence-corrected chi connectivity index (χ4v) is 5.68. The Hall–Kier alpha value is -3.30. The predicted octanol–water partition coefficient (Wildman–Crippen LogP) is 6.96. The average molecular weight is 633 g/mol. The Kier molecular flexibility index (Phi) is 7.24. The summed E-state index contributed by atoms with van der Waals surface area (Å²) in [5, 5.41) is 6.61. The summed E-state index contributed by atoms with van der Waals surface area (Å²) in [5.41, 5.74) is 2.63. The van der Waals surface area contributed by atoms with Crippen molar-refractivity contribution in [1.82, 2.24) is 20.0 Å². The van der Waals surface area contributed by atoms with Crippen molar-refractivity contribution in [1.29, 1.82) is 0 Å². The molecule has 2 heterocycles. The molecule has 0 unspecified atom stereocenters. The molecule has 7 nitrogen and oxygen atoms in total. The Morgan fingerprint density at radius 3 is 2.29 bits per heavy atom. The zero-order valence-corrected chi connectivity index (χ0v) is 23.5. The number of amides is 3. The van der Waals surface area contributed by atoms with Crippen LogP contribution in [0.4, 0.5) is 4.79 Å². The van der Waals surface area contributed by atoms with Gasteiger partial charge in [0.1, 0.15) is 11.4 Å². The van der Waals surface area contributed by atoms with Gasteiger partial charge in [-0.05, 0) is 42.8 Å². The highest BCUT2D eigenvalue weighted by atomic mass is 79.9. The minimum atomic E-state index is -0.578. The Morgan fingerprint density at radius 1 is 0.947 bits per heavy atom. The zero-order valence-electron chi connectivity index (χ0n) is 19.7. The molecule has 38 heavy (non-hydrogen) atoms. The molecule has 0 saturated carbocycles. The molecule has 4 aromatic rings. The third-order valence-corrected chi connectivity index (χ3v) is 7.22. The van der Waals surface area contributed by atoms with Gasteiger partial charge in [-0.3, -0.25) is 19.6 Å². The number of hydrogen-bond donors (Lipinski definition) is 2. The molecule has 5 rings (SSSR count). The lowest BCUT2D eigenvalue weighted by atomic mass is 10.1. The van der Waals surface area contributed by atoms with Gasteiger partial charge in [0.05, 0.1) is 27.8 Å². The minimum Gasteiger partial charge on any atom is -0.303 e. The van der Waals surface area contributed by atoms with Crippen LogP contribution in [0, 0.1) is 6.92 Å². The van der Waals surface area contributed by atoms with E-state index in [4.69, 9.17) is 34.8 Å². The number of benzene rings is 3. The quantitative estimate of drug-likeness (QED) is 0.184. The topological polar surface area (TPSA) is 87.2 Å². The van der Waals surface area contributed by atoms with Gasteiger partial charge in [0.25, 0.3) is 11.5 Å². The molecule has 2 N–H and O–H groups in total. The minimum absolute atomic E-state index is 0.0332. The van der Waals surface area contributed by atoms with Gasteiger partial charge in [-0.2, -0.15) is 0 Å². The number of hydrogen-bond acceptors (Lipinski definition) is 3. The van der Waals surface area contributed by atoms with Crippen LogP contribution >= 0.6 is 50.7 Å². The number of aromatic amines is 1. The molecular formula is C27H18BrCl3N4O3. The van der Waals surface area contributed by atoms with Crippen molar-refractivity contribution in [2.24, 2.45) is 0 Å². The molecule has 1 aliphatic heterocycles. The maximum absolute atomic E-state index is 13.7. The third kappa shape index (κ3) is 5.05. The standard InChI is InChI=1S/C27H18BrCl3N4O3/c1-14-3-2-4-15(9-14)13-34-26(37)22(32-27(34)38)12-19-23(16-5-7-18(29)8-6-16)33-35(25(19)36)24-20(30)10-17(28)11-21(24)31/h2-12,33H,13H2,1H3,(H,32,38)/b22-12-. The Labute approximate surface area is 240 Å². The monoisotopic (exact) mass is 630 g/mol. The molecule has 0 atom stereocenters. The second-order valence-corrected chi connectivity index (χ2v) is 10.8. The fraction of sp³-hybridized carbons (Fsp3) is 0.0741. The predicted molar refractivity (Wildman–Crippen MR) is 153 cm³/mol. The number of nitrogens with one attached hydrogen (secondary N) is 2. The third-order valence-electron chi connectivity index (χ3n) is 5.94. The van der Waals surface area contributed by atoms with Gasteiger partial charge in [-0.25, -0.2) is 9.48 Å². The lowest BCUT2D eigenvalue weighted by molar-refractivity contribution is -0.123. The van der Waals surface area contributed by atoms with E-state index in [1.54, 1.807) is 36.4 Å². The molecule has 1 fully saturated rings. The lowest BCUT2D eigenvalue weighted by Gasteiger charge is -2.12. The first kappa shape index (κ1) is 26.3. The number of aromatic nitrogens is 2. The number of carbonyl (C=O) groups excluding carboxylic acids is 2. The van der Waals surface area contributed by atoms with Gasteiger partial charge in [0.2, 0.25) is 0 Å². The summed E-state index contributed by atoms with van der Waals surface area (Å²) in [6.07, 6.45) is 1.36. The average Bonchev–Trinajstić information content (AvgIpc) is 3.30. The molecule has 1 aromatic heterocycles. The number of aryl methyl sites for hydroxylation is 1. The maximum atomic E-state index is 13.7. The number of imide groups is 1. The van der Waals surface area contributed by atoms with Crippen molar-refractivity contribution in [3.05, 3.63) is 113 Å². The largest absolute Gasteiger partial charge is 0.329 e. The van der Waals surface area contributed by atoms with Gasteiger partial charge < -0.3 is 5.32 Å². The van der Waals surface area contributed by atoms with E-state index < -0.39 is 17.5 Å². The van der Waals surface area contributed by atoms with Gasteiger partial charge in [-0.15, -0.1) is 0 Å². The molecule has 11 heteroatoms. The summed E-state index contributed by atoms with van der Waals surface area (Å²) in [5.74, 6) is -0.551. The molecule has 3 amide bonds. The summed E-state index contributed by atoms with van der Waals surface area (Å²) < 4.78 is 1.85. The first-order chi connectivity index (χ1) is 18.1. The van der Waals surface area contributed by atoms with E-state index in [2.05, 4.69) is 26.3 Å². The van der Waals surface area contributed by atoms with Gasteiger partial charge >= 0.3 is 6.03 Å². The van der Waals surface area contributed by atoms with Crippen LogP contribution in [0.1, 0.15) is 16.7 Å². The highest BCUT2D eigenvalue weighted by Gasteiger charge is 2.34. The molecule has 1 saturated heterocycles. The van der Waals surface area contributed by atoms with Crippen LogP contribution in [-0.2, 0) is 11.3 Å². The molecule has 3 aromatic carbocycles. The van der Waals surface area contributed by atoms with Crippen molar-refractivity contribution < 1.29 is 9.59 Å². The van der Waals surface area contributed by atoms with Crippen LogP contribution in [0.15, 0.2) is 75.6 Å². The van der Waals surface area contributed by atoms with Crippen LogP contribution in [0.25, 0.3) is 23.0 Å². The molecule has 0 radical (unpaired) electrons. The summed E-state index contributed by atoms with van der Waals surface area (Å²) in [6, 6.07) is 17.0. The van der Waals surface area contributed by atoms with E-state index in [0.29, 0.717) is 20.8 Å². The molecular weight excluding hydrogens is 615 g/mol. The second-order valence-electron chi connectivity index (χ2n) is 8.63.